The van der Waals surface area contributed by atoms with Crippen LogP contribution in [-0.4, -0.2) is 18.0 Å². The first kappa shape index (κ1) is 22.2. The number of benzene rings is 3. The molecule has 3 aromatic heterocycles. The van der Waals surface area contributed by atoms with Gasteiger partial charge in [0, 0.05) is 58.3 Å². The van der Waals surface area contributed by atoms with Gasteiger partial charge in [0.25, 0.3) is 0 Å². The van der Waals surface area contributed by atoms with Crippen molar-refractivity contribution in [3.05, 3.63) is 114 Å². The summed E-state index contributed by atoms with van der Waals surface area (Å²) in [4.78, 5) is 8.85. The normalized spacial score (nSPS) is 15.6. The summed E-state index contributed by atoms with van der Waals surface area (Å²) in [6, 6.07) is 29.6. The second-order valence-corrected chi connectivity index (χ2v) is 16.7. The van der Waals surface area contributed by atoms with Crippen molar-refractivity contribution < 1.29 is 36.9 Å². The Morgan fingerprint density at radius 3 is 2.30 bits per heavy atom. The van der Waals surface area contributed by atoms with Gasteiger partial charge in [-0.05, 0) is 54.3 Å². The third kappa shape index (κ3) is 7.59. The van der Waals surface area contributed by atoms with Crippen molar-refractivity contribution in [1.29, 1.82) is 0 Å². The first-order chi connectivity index (χ1) is 23.7. The summed E-state index contributed by atoms with van der Waals surface area (Å²) in [5.41, 5.74) is 3.25. The molecule has 223 valence electrons. The fourth-order valence-electron chi connectivity index (χ4n) is 4.91. The van der Waals surface area contributed by atoms with Gasteiger partial charge in [0.1, 0.15) is 5.58 Å². The van der Waals surface area contributed by atoms with E-state index in [-0.39, 0.29) is 25.7 Å². The van der Waals surface area contributed by atoms with Crippen LogP contribution in [0.15, 0.2) is 89.6 Å². The van der Waals surface area contributed by atoms with E-state index < -0.39 is 40.5 Å². The van der Waals surface area contributed by atoms with Crippen LogP contribution in [0.5, 0.6) is 0 Å². The van der Waals surface area contributed by atoms with E-state index in [1.807, 2.05) is 73.8 Å². The van der Waals surface area contributed by atoms with Crippen LogP contribution < -0.4 is 5.19 Å². The van der Waals surface area contributed by atoms with Crippen molar-refractivity contribution in [2.75, 3.05) is 0 Å². The van der Waals surface area contributed by atoms with Gasteiger partial charge in [-0.1, -0.05) is 93.1 Å². The Kier molecular flexibility index (Phi) is 6.75. The fraction of sp³-hybridized carbons (Fsp3) is 0.263. The van der Waals surface area contributed by atoms with Gasteiger partial charge in [-0.15, -0.1) is 53.2 Å². The van der Waals surface area contributed by atoms with Crippen LogP contribution >= 0.6 is 0 Å². The van der Waals surface area contributed by atoms with E-state index in [0.29, 0.717) is 28.0 Å². The topological polar surface area (TPSA) is 38.9 Å². The zero-order valence-electron chi connectivity index (χ0n) is 33.9. The van der Waals surface area contributed by atoms with E-state index in [0.717, 1.165) is 22.0 Å². The number of aromatic nitrogens is 2. The maximum atomic E-state index is 8.02. The summed E-state index contributed by atoms with van der Waals surface area (Å²) >= 11 is 0. The summed E-state index contributed by atoms with van der Waals surface area (Å²) < 4.78 is 78.5. The van der Waals surface area contributed by atoms with Gasteiger partial charge in [0.2, 0.25) is 0 Å². The Hall–Kier alpha value is -3.37. The number of rotatable bonds is 4. The van der Waals surface area contributed by atoms with Gasteiger partial charge in [0.15, 0.2) is 0 Å². The molecule has 0 saturated heterocycles. The largest absolute Gasteiger partial charge is 0.501 e. The molecular weight excluding hydrogens is 721 g/mol. The monoisotopic (exact) mass is 770 g/mol. The Balaban J connectivity index is 0.000000362. The maximum absolute atomic E-state index is 8.02. The average molecular weight is 770 g/mol. The summed E-state index contributed by atoms with van der Waals surface area (Å²) in [6.07, 6.45) is 2.67. The molecule has 43 heavy (non-hydrogen) atoms. The van der Waals surface area contributed by atoms with E-state index in [9.17, 15) is 0 Å². The molecule has 3 aromatic carbocycles. The number of aryl methyl sites for hydroxylation is 2. The van der Waals surface area contributed by atoms with Gasteiger partial charge in [-0.3, -0.25) is 0 Å². The summed E-state index contributed by atoms with van der Waals surface area (Å²) in [6.45, 7) is 0.547. The fourth-order valence-corrected chi connectivity index (χ4v) is 6.41. The molecule has 0 aliphatic carbocycles. The Labute approximate surface area is 283 Å². The van der Waals surface area contributed by atoms with Crippen LogP contribution in [0.25, 0.3) is 44.5 Å². The maximum Gasteiger partial charge on any atom is 0.120 e. The third-order valence-corrected chi connectivity index (χ3v) is 9.09. The second kappa shape index (κ2) is 13.1. The first-order valence-electron chi connectivity index (χ1n) is 18.4. The minimum atomic E-state index is -3.28. The number of nitrogens with zero attached hydrogens (tertiary/aromatic N) is 2. The molecule has 0 bridgehead atoms. The SMILES string of the molecule is Cc1ccc(-c2[c-]cccc2)nc1.[2H]C([2H])([2H])C(Cc1cc(-c2[c-]cc([Si](C)(C)C)c3c2oc2ccccc23)ncc1C)(C([2H])([2H])[2H])C([2H])([2H])[2H].[Ir]. The molecule has 0 fully saturated rings. The number of fused-ring (bicyclic) bond motifs is 3. The molecule has 0 unspecified atom stereocenters. The third-order valence-electron chi connectivity index (χ3n) is 7.08. The molecule has 1 radical (unpaired) electrons. The molecule has 6 rings (SSSR count). The molecule has 6 aromatic rings. The predicted molar refractivity (Wildman–Crippen MR) is 180 cm³/mol. The molecular formula is C38H40IrN2OSi-2. The van der Waals surface area contributed by atoms with Gasteiger partial charge in [-0.2, -0.15) is 0 Å². The minimum absolute atomic E-state index is 0. The smallest absolute Gasteiger partial charge is 0.120 e. The number of hydrogen-bond donors (Lipinski definition) is 0. The van der Waals surface area contributed by atoms with E-state index in [2.05, 4.69) is 47.8 Å². The quantitative estimate of drug-likeness (QED) is 0.133. The summed E-state index contributed by atoms with van der Waals surface area (Å²) in [7, 11) is -1.82. The standard InChI is InChI=1S/C26H30NOSi.C12H10N.Ir/c1-17-16-27-21(14-18(17)15-26(2,3)4)19-12-13-23(29(5,6)7)24-20-10-8-9-11-22(20)28-25(19)24;1-10-7-8-12(13-9-10)11-5-3-2-4-6-11;/h8-11,13-14,16H,15H2,1-7H3;2-5,7-9H,1H3;/q2*-1;/i2D3,3D3,4D3;;. The van der Waals surface area contributed by atoms with E-state index in [1.54, 1.807) is 13.0 Å². The van der Waals surface area contributed by atoms with Crippen LogP contribution in [-0.2, 0) is 26.5 Å². The number of pyridine rings is 2. The summed E-state index contributed by atoms with van der Waals surface area (Å²) in [5.74, 6) is 0. The van der Waals surface area contributed by atoms with Crippen molar-refractivity contribution in [3.63, 3.8) is 0 Å². The molecule has 5 heteroatoms. The zero-order chi connectivity index (χ0) is 37.6. The first-order valence-corrected chi connectivity index (χ1v) is 17.4. The molecule has 0 amide bonds. The Morgan fingerprint density at radius 1 is 0.884 bits per heavy atom. The number of para-hydroxylation sites is 1. The van der Waals surface area contributed by atoms with Crippen molar-refractivity contribution >= 4 is 35.2 Å². The zero-order valence-corrected chi connectivity index (χ0v) is 28.3. The van der Waals surface area contributed by atoms with Gasteiger partial charge >= 0.3 is 0 Å². The van der Waals surface area contributed by atoms with Crippen LogP contribution in [0, 0.1) is 31.4 Å². The van der Waals surface area contributed by atoms with Crippen molar-refractivity contribution in [3.8, 4) is 22.5 Å². The molecule has 0 atom stereocenters. The molecule has 0 spiro atoms. The second-order valence-electron chi connectivity index (χ2n) is 11.7. The van der Waals surface area contributed by atoms with E-state index in [4.69, 9.17) is 16.8 Å². The van der Waals surface area contributed by atoms with Crippen LogP contribution in [0.1, 0.15) is 49.6 Å². The van der Waals surface area contributed by atoms with Gasteiger partial charge in [0.05, 0.1) is 5.58 Å². The molecule has 3 nitrogen and oxygen atoms in total. The Bertz CT molecular complexity index is 2120. The number of furan rings is 1. The van der Waals surface area contributed by atoms with Crippen molar-refractivity contribution in [2.45, 2.75) is 60.5 Å². The predicted octanol–water partition coefficient (Wildman–Crippen LogP) is 9.75. The van der Waals surface area contributed by atoms with E-state index >= 15 is 0 Å². The average Bonchev–Trinajstić information content (AvgIpc) is 3.42. The van der Waals surface area contributed by atoms with Gasteiger partial charge in [-0.25, -0.2) is 0 Å². The Morgan fingerprint density at radius 2 is 1.63 bits per heavy atom. The molecule has 0 N–H and O–H groups in total. The van der Waals surface area contributed by atoms with Crippen molar-refractivity contribution in [1.82, 2.24) is 9.97 Å². The molecule has 0 saturated carbocycles. The molecule has 0 aliphatic heterocycles. The van der Waals surface area contributed by atoms with E-state index in [1.165, 1.54) is 16.9 Å². The van der Waals surface area contributed by atoms with Gasteiger partial charge < -0.3 is 14.4 Å². The number of hydrogen-bond acceptors (Lipinski definition) is 3. The minimum Gasteiger partial charge on any atom is -0.501 e. The van der Waals surface area contributed by atoms with Crippen LogP contribution in [0.3, 0.4) is 0 Å². The van der Waals surface area contributed by atoms with Crippen LogP contribution in [0.4, 0.5) is 0 Å². The van der Waals surface area contributed by atoms with Crippen LogP contribution in [0.2, 0.25) is 19.6 Å². The molecule has 3 heterocycles. The summed E-state index contributed by atoms with van der Waals surface area (Å²) in [5, 5.41) is 3.10. The molecule has 0 aliphatic rings. The van der Waals surface area contributed by atoms with Crippen molar-refractivity contribution in [2.24, 2.45) is 5.41 Å².